The first-order chi connectivity index (χ1) is 13.5. The van der Waals surface area contributed by atoms with Crippen molar-refractivity contribution in [3.05, 3.63) is 63.5 Å². The van der Waals surface area contributed by atoms with Crippen LogP contribution in [0.5, 0.6) is 0 Å². The Kier molecular flexibility index (Phi) is 6.80. The fraction of sp³-hybridized carbons (Fsp3) is 0.176. The number of carbonyl (C=O) groups excluding carboxylic acids is 2. The summed E-state index contributed by atoms with van der Waals surface area (Å²) in [7, 11) is 1.12. The zero-order chi connectivity index (χ0) is 21.8. The number of benzene rings is 2. The third-order valence-electron chi connectivity index (χ3n) is 3.50. The highest BCUT2D eigenvalue weighted by molar-refractivity contribution is 8.00. The molecule has 29 heavy (non-hydrogen) atoms. The van der Waals surface area contributed by atoms with E-state index in [1.165, 1.54) is 0 Å². The fourth-order valence-electron chi connectivity index (χ4n) is 2.15. The predicted molar refractivity (Wildman–Crippen MR) is 95.2 cm³/mol. The molecule has 0 atom stereocenters. The van der Waals surface area contributed by atoms with Crippen LogP contribution in [0.25, 0.3) is 0 Å². The average Bonchev–Trinajstić information content (AvgIpc) is 2.66. The van der Waals surface area contributed by atoms with Gasteiger partial charge in [-0.15, -0.1) is 11.8 Å². The third kappa shape index (κ3) is 5.67. The van der Waals surface area contributed by atoms with Gasteiger partial charge in [0.2, 0.25) is 5.91 Å². The lowest BCUT2D eigenvalue weighted by Gasteiger charge is -2.10. The number of anilines is 1. The molecule has 1 N–H and O–H groups in total. The van der Waals surface area contributed by atoms with Crippen molar-refractivity contribution in [3.8, 4) is 0 Å². The van der Waals surface area contributed by atoms with Crippen molar-refractivity contribution in [2.24, 2.45) is 0 Å². The summed E-state index contributed by atoms with van der Waals surface area (Å²) >= 11 is 0.608. The Morgan fingerprint density at radius 1 is 1.21 bits per heavy atom. The van der Waals surface area contributed by atoms with Crippen LogP contribution in [0.1, 0.15) is 15.9 Å². The summed E-state index contributed by atoms with van der Waals surface area (Å²) in [6, 6.07) is 5.06. The molecule has 0 spiro atoms. The van der Waals surface area contributed by atoms with E-state index in [4.69, 9.17) is 0 Å². The van der Waals surface area contributed by atoms with Crippen LogP contribution >= 0.6 is 11.8 Å². The van der Waals surface area contributed by atoms with E-state index in [2.05, 4.69) is 10.1 Å². The largest absolute Gasteiger partial charge is 0.465 e. The Morgan fingerprint density at radius 3 is 2.48 bits per heavy atom. The number of ether oxygens (including phenoxy) is 1. The van der Waals surface area contributed by atoms with E-state index >= 15 is 0 Å². The number of nitrogens with zero attached hydrogens (tertiary/aromatic N) is 1. The summed E-state index contributed by atoms with van der Waals surface area (Å²) in [5, 5.41) is 13.2. The number of alkyl halides is 3. The number of nitro groups is 1. The number of hydrogen-bond acceptors (Lipinski definition) is 6. The molecule has 7 nitrogen and oxygen atoms in total. The van der Waals surface area contributed by atoms with E-state index in [9.17, 15) is 37.3 Å². The van der Waals surface area contributed by atoms with Crippen molar-refractivity contribution in [3.63, 3.8) is 0 Å². The smallest absolute Gasteiger partial charge is 0.416 e. The average molecular weight is 432 g/mol. The Labute approximate surface area is 165 Å². The number of hydrogen-bond donors (Lipinski definition) is 1. The maximum absolute atomic E-state index is 13.8. The van der Waals surface area contributed by atoms with Crippen molar-refractivity contribution < 1.29 is 36.8 Å². The van der Waals surface area contributed by atoms with E-state index in [1.807, 2.05) is 0 Å². The minimum Gasteiger partial charge on any atom is -0.465 e. The molecule has 0 fully saturated rings. The predicted octanol–water partition coefficient (Wildman–Crippen LogP) is 4.27. The standard InChI is InChI=1S/C17H12F4N2O5S/c1-28-16(25)9-2-4-11(18)12(6-9)22-15(24)8-29-14-5-3-10(17(19,20)21)7-13(14)23(26)27/h2-7H,8H2,1H3,(H,22,24). The van der Waals surface area contributed by atoms with Crippen LogP contribution in [0, 0.1) is 15.9 Å². The van der Waals surface area contributed by atoms with Gasteiger partial charge in [0.15, 0.2) is 0 Å². The van der Waals surface area contributed by atoms with Gasteiger partial charge in [-0.25, -0.2) is 9.18 Å². The van der Waals surface area contributed by atoms with Gasteiger partial charge in [-0.3, -0.25) is 14.9 Å². The monoisotopic (exact) mass is 432 g/mol. The van der Waals surface area contributed by atoms with Gasteiger partial charge in [-0.1, -0.05) is 0 Å². The quantitative estimate of drug-likeness (QED) is 0.241. The topological polar surface area (TPSA) is 98.5 Å². The van der Waals surface area contributed by atoms with Gasteiger partial charge < -0.3 is 10.1 Å². The highest BCUT2D eigenvalue weighted by Crippen LogP contribution is 2.36. The molecule has 0 heterocycles. The van der Waals surface area contributed by atoms with Gasteiger partial charge >= 0.3 is 12.1 Å². The molecule has 12 heteroatoms. The lowest BCUT2D eigenvalue weighted by atomic mass is 10.2. The molecule has 0 aliphatic carbocycles. The van der Waals surface area contributed by atoms with Crippen LogP contribution in [-0.4, -0.2) is 29.7 Å². The lowest BCUT2D eigenvalue weighted by molar-refractivity contribution is -0.388. The number of esters is 1. The first kappa shape index (κ1) is 22.1. The van der Waals surface area contributed by atoms with E-state index in [0.29, 0.717) is 23.9 Å². The van der Waals surface area contributed by atoms with Crippen LogP contribution in [-0.2, 0) is 15.7 Å². The number of rotatable bonds is 6. The Balaban J connectivity index is 2.14. The molecule has 0 aliphatic rings. The van der Waals surface area contributed by atoms with E-state index in [0.717, 1.165) is 31.4 Å². The highest BCUT2D eigenvalue weighted by atomic mass is 32.2. The number of nitrogens with one attached hydrogen (secondary N) is 1. The van der Waals surface area contributed by atoms with E-state index in [-0.39, 0.29) is 16.1 Å². The zero-order valence-electron chi connectivity index (χ0n) is 14.6. The number of thioether (sulfide) groups is 1. The van der Waals surface area contributed by atoms with Gasteiger partial charge in [-0.05, 0) is 30.3 Å². The molecule has 0 aliphatic heterocycles. The van der Waals surface area contributed by atoms with Crippen molar-refractivity contribution in [2.75, 3.05) is 18.2 Å². The highest BCUT2D eigenvalue weighted by Gasteiger charge is 2.33. The summed E-state index contributed by atoms with van der Waals surface area (Å²) in [4.78, 5) is 33.4. The molecular weight excluding hydrogens is 420 g/mol. The van der Waals surface area contributed by atoms with Crippen LogP contribution < -0.4 is 5.32 Å². The molecule has 154 valence electrons. The zero-order valence-corrected chi connectivity index (χ0v) is 15.4. The normalized spacial score (nSPS) is 11.1. The van der Waals surface area contributed by atoms with Crippen LogP contribution in [0.15, 0.2) is 41.3 Å². The molecule has 0 saturated heterocycles. The third-order valence-corrected chi connectivity index (χ3v) is 4.57. The van der Waals surface area contributed by atoms with Crippen molar-refractivity contribution in [1.82, 2.24) is 0 Å². The van der Waals surface area contributed by atoms with Gasteiger partial charge in [0.05, 0.1) is 39.5 Å². The summed E-state index contributed by atoms with van der Waals surface area (Å²) in [6.45, 7) is 0. The maximum Gasteiger partial charge on any atom is 0.416 e. The summed E-state index contributed by atoms with van der Waals surface area (Å²) in [5.41, 5.74) is -2.34. The molecule has 0 saturated carbocycles. The van der Waals surface area contributed by atoms with Gasteiger partial charge in [-0.2, -0.15) is 13.2 Å². The molecule has 2 rings (SSSR count). The summed E-state index contributed by atoms with van der Waals surface area (Å²) in [6.07, 6.45) is -4.76. The molecule has 0 aromatic heterocycles. The molecule has 1 amide bonds. The first-order valence-corrected chi connectivity index (χ1v) is 8.67. The molecule has 0 unspecified atom stereocenters. The van der Waals surface area contributed by atoms with Gasteiger partial charge in [0, 0.05) is 6.07 Å². The molecule has 2 aromatic carbocycles. The van der Waals surface area contributed by atoms with E-state index in [1.54, 1.807) is 0 Å². The van der Waals surface area contributed by atoms with Gasteiger partial charge in [0.25, 0.3) is 5.69 Å². The van der Waals surface area contributed by atoms with Gasteiger partial charge in [0.1, 0.15) is 5.82 Å². The summed E-state index contributed by atoms with van der Waals surface area (Å²) in [5.74, 6) is -2.83. The fourth-order valence-corrected chi connectivity index (χ4v) is 2.96. The van der Waals surface area contributed by atoms with Crippen molar-refractivity contribution in [1.29, 1.82) is 0 Å². The van der Waals surface area contributed by atoms with Crippen molar-refractivity contribution in [2.45, 2.75) is 11.1 Å². The number of methoxy groups -OCH3 is 1. The Morgan fingerprint density at radius 2 is 1.90 bits per heavy atom. The van der Waals surface area contributed by atoms with E-state index < -0.39 is 45.8 Å². The number of amides is 1. The number of nitro benzene ring substituents is 1. The molecule has 0 radical (unpaired) electrons. The summed E-state index contributed by atoms with van der Waals surface area (Å²) < 4.78 is 56.4. The maximum atomic E-state index is 13.8. The van der Waals surface area contributed by atoms with Crippen LogP contribution in [0.4, 0.5) is 28.9 Å². The Hall–Kier alpha value is -3.15. The Bertz CT molecular complexity index is 965. The second-order valence-corrected chi connectivity index (χ2v) is 6.48. The molecule has 0 bridgehead atoms. The molecule has 2 aromatic rings. The van der Waals surface area contributed by atoms with Crippen molar-refractivity contribution >= 4 is 35.0 Å². The minimum absolute atomic E-state index is 0.0183. The minimum atomic E-state index is -4.76. The number of halogens is 4. The molecular formula is C17H12F4N2O5S. The lowest BCUT2D eigenvalue weighted by Crippen LogP contribution is -2.16. The second-order valence-electron chi connectivity index (χ2n) is 5.46. The second kappa shape index (κ2) is 8.90. The van der Waals surface area contributed by atoms with Crippen LogP contribution in [0.2, 0.25) is 0 Å². The number of carbonyl (C=O) groups is 2. The van der Waals surface area contributed by atoms with Crippen LogP contribution in [0.3, 0.4) is 0 Å². The SMILES string of the molecule is COC(=O)c1ccc(F)c(NC(=O)CSc2ccc(C(F)(F)F)cc2[N+](=O)[O-])c1. The first-order valence-electron chi connectivity index (χ1n) is 7.69.